The van der Waals surface area contributed by atoms with Gasteiger partial charge in [-0.05, 0) is 70.5 Å². The summed E-state index contributed by atoms with van der Waals surface area (Å²) in [5.41, 5.74) is 2.90. The molecule has 2 aromatic rings. The summed E-state index contributed by atoms with van der Waals surface area (Å²) < 4.78 is 0. The first-order valence-corrected chi connectivity index (χ1v) is 11.6. The average Bonchev–Trinajstić information content (AvgIpc) is 2.80. The molecule has 2 aliphatic heterocycles. The van der Waals surface area contributed by atoms with Gasteiger partial charge in [-0.3, -0.25) is 9.69 Å². The van der Waals surface area contributed by atoms with Crippen LogP contribution in [-0.4, -0.2) is 51.9 Å². The lowest BCUT2D eigenvalue weighted by Gasteiger charge is -2.35. The fraction of sp³-hybridized carbons (Fsp3) is 0.560. The third-order valence-corrected chi connectivity index (χ3v) is 6.54. The number of carbonyl (C=O) groups is 1. The number of benzene rings is 1. The van der Waals surface area contributed by atoms with E-state index < -0.39 is 0 Å². The van der Waals surface area contributed by atoms with E-state index in [0.29, 0.717) is 5.56 Å². The maximum absolute atomic E-state index is 12.9. The molecular weight excluding hydrogens is 372 g/mol. The van der Waals surface area contributed by atoms with Crippen LogP contribution in [0.15, 0.2) is 36.5 Å². The van der Waals surface area contributed by atoms with Gasteiger partial charge < -0.3 is 4.90 Å². The third kappa shape index (κ3) is 5.07. The lowest BCUT2D eigenvalue weighted by molar-refractivity contribution is 0.0722. The molecule has 0 saturated carbocycles. The van der Waals surface area contributed by atoms with Gasteiger partial charge in [-0.1, -0.05) is 36.8 Å². The molecule has 1 atom stereocenters. The fourth-order valence-electron chi connectivity index (χ4n) is 4.80. The summed E-state index contributed by atoms with van der Waals surface area (Å²) in [6.45, 7) is 5.85. The molecule has 0 radical (unpaired) electrons. The predicted molar refractivity (Wildman–Crippen MR) is 119 cm³/mol. The number of hydrogen-bond donors (Lipinski definition) is 0. The molecule has 30 heavy (non-hydrogen) atoms. The van der Waals surface area contributed by atoms with Crippen LogP contribution in [0.4, 0.5) is 0 Å². The Kier molecular flexibility index (Phi) is 7.11. The molecule has 1 aromatic carbocycles. The Hall–Kier alpha value is -2.27. The SMILES string of the molecule is Cc1nc([C@@H]2CCCCN2CCCc2ccccc2)ncc1C(=O)N1CCCCC1. The third-order valence-electron chi connectivity index (χ3n) is 6.54. The lowest BCUT2D eigenvalue weighted by atomic mass is 10.00. The Morgan fingerprint density at radius 1 is 1.03 bits per heavy atom. The number of aryl methyl sites for hydroxylation is 2. The van der Waals surface area contributed by atoms with Gasteiger partial charge in [-0.25, -0.2) is 9.97 Å². The number of hydrogen-bond acceptors (Lipinski definition) is 4. The summed E-state index contributed by atoms with van der Waals surface area (Å²) in [6.07, 6.45) is 11.0. The molecule has 2 aliphatic rings. The first-order valence-electron chi connectivity index (χ1n) is 11.6. The van der Waals surface area contributed by atoms with Crippen LogP contribution in [0.2, 0.25) is 0 Å². The summed E-state index contributed by atoms with van der Waals surface area (Å²) in [4.78, 5) is 26.9. The summed E-state index contributed by atoms with van der Waals surface area (Å²) in [7, 11) is 0. The van der Waals surface area contributed by atoms with Gasteiger partial charge in [0.2, 0.25) is 0 Å². The summed E-state index contributed by atoms with van der Waals surface area (Å²) in [6, 6.07) is 11.0. The van der Waals surface area contributed by atoms with E-state index in [4.69, 9.17) is 9.97 Å². The van der Waals surface area contributed by atoms with Gasteiger partial charge in [0.05, 0.1) is 17.3 Å². The Bertz CT molecular complexity index is 832. The van der Waals surface area contributed by atoms with Gasteiger partial charge in [-0.2, -0.15) is 0 Å². The second kappa shape index (κ2) is 10.2. The molecule has 5 heteroatoms. The van der Waals surface area contributed by atoms with Crippen molar-refractivity contribution in [3.05, 3.63) is 59.2 Å². The summed E-state index contributed by atoms with van der Waals surface area (Å²) >= 11 is 0. The molecule has 0 N–H and O–H groups in total. The standard InChI is InChI=1S/C25H34N4O/c1-20-22(25(30)29-16-7-3-8-17-29)19-26-24(27-20)23-14-6-9-15-28(23)18-10-13-21-11-4-2-5-12-21/h2,4-5,11-12,19,23H,3,6-10,13-18H2,1H3/t23-/m0/s1. The second-order valence-corrected chi connectivity index (χ2v) is 8.72. The monoisotopic (exact) mass is 406 g/mol. The van der Waals surface area contributed by atoms with Crippen molar-refractivity contribution in [1.82, 2.24) is 19.8 Å². The Labute approximate surface area is 180 Å². The molecule has 3 heterocycles. The maximum Gasteiger partial charge on any atom is 0.257 e. The Morgan fingerprint density at radius 2 is 1.80 bits per heavy atom. The molecule has 0 spiro atoms. The number of likely N-dealkylation sites (tertiary alicyclic amines) is 2. The number of nitrogens with zero attached hydrogens (tertiary/aromatic N) is 4. The van der Waals surface area contributed by atoms with Crippen LogP contribution in [0, 0.1) is 6.92 Å². The van der Waals surface area contributed by atoms with E-state index in [-0.39, 0.29) is 11.9 Å². The van der Waals surface area contributed by atoms with Gasteiger partial charge in [-0.15, -0.1) is 0 Å². The van der Waals surface area contributed by atoms with Gasteiger partial charge in [0.15, 0.2) is 0 Å². The quantitative estimate of drug-likeness (QED) is 0.705. The molecule has 0 unspecified atom stereocenters. The van der Waals surface area contributed by atoms with Crippen LogP contribution in [0.3, 0.4) is 0 Å². The van der Waals surface area contributed by atoms with E-state index in [1.54, 1.807) is 6.20 Å². The van der Waals surface area contributed by atoms with Crippen molar-refractivity contribution in [1.29, 1.82) is 0 Å². The van der Waals surface area contributed by atoms with Crippen LogP contribution < -0.4 is 0 Å². The summed E-state index contributed by atoms with van der Waals surface area (Å²) in [5.74, 6) is 0.990. The molecule has 2 saturated heterocycles. The normalized spacial score (nSPS) is 20.3. The fourth-order valence-corrected chi connectivity index (χ4v) is 4.80. The number of carbonyl (C=O) groups excluding carboxylic acids is 1. The minimum absolute atomic E-state index is 0.0992. The first kappa shape index (κ1) is 21.0. The highest BCUT2D eigenvalue weighted by molar-refractivity contribution is 5.95. The van der Waals surface area contributed by atoms with Crippen LogP contribution in [0.1, 0.15) is 78.4 Å². The van der Waals surface area contributed by atoms with Gasteiger partial charge >= 0.3 is 0 Å². The minimum Gasteiger partial charge on any atom is -0.339 e. The minimum atomic E-state index is 0.0992. The zero-order valence-corrected chi connectivity index (χ0v) is 18.2. The molecule has 2 fully saturated rings. The van der Waals surface area contributed by atoms with E-state index >= 15 is 0 Å². The van der Waals surface area contributed by atoms with Crippen molar-refractivity contribution in [3.8, 4) is 0 Å². The Balaban J connectivity index is 1.41. The number of aromatic nitrogens is 2. The van der Waals surface area contributed by atoms with Crippen LogP contribution in [0.25, 0.3) is 0 Å². The molecule has 1 aromatic heterocycles. The van der Waals surface area contributed by atoms with Crippen molar-refractivity contribution in [2.24, 2.45) is 0 Å². The molecule has 0 aliphatic carbocycles. The first-order chi connectivity index (χ1) is 14.7. The molecule has 5 nitrogen and oxygen atoms in total. The zero-order valence-electron chi connectivity index (χ0n) is 18.2. The molecule has 4 rings (SSSR count). The van der Waals surface area contributed by atoms with Gasteiger partial charge in [0, 0.05) is 19.3 Å². The summed E-state index contributed by atoms with van der Waals surface area (Å²) in [5, 5.41) is 0. The van der Waals surface area contributed by atoms with E-state index in [1.807, 2.05) is 11.8 Å². The smallest absolute Gasteiger partial charge is 0.257 e. The van der Waals surface area contributed by atoms with E-state index in [2.05, 4.69) is 35.2 Å². The maximum atomic E-state index is 12.9. The number of rotatable bonds is 6. The largest absolute Gasteiger partial charge is 0.339 e. The van der Waals surface area contributed by atoms with Crippen molar-refractivity contribution in [2.75, 3.05) is 26.2 Å². The van der Waals surface area contributed by atoms with Crippen molar-refractivity contribution in [3.63, 3.8) is 0 Å². The second-order valence-electron chi connectivity index (χ2n) is 8.72. The molecule has 1 amide bonds. The highest BCUT2D eigenvalue weighted by Gasteiger charge is 2.27. The zero-order chi connectivity index (χ0) is 20.8. The van der Waals surface area contributed by atoms with Crippen molar-refractivity contribution < 1.29 is 4.79 Å². The highest BCUT2D eigenvalue weighted by atomic mass is 16.2. The topological polar surface area (TPSA) is 49.3 Å². The van der Waals surface area contributed by atoms with E-state index in [9.17, 15) is 4.79 Å². The number of amides is 1. The Morgan fingerprint density at radius 3 is 2.57 bits per heavy atom. The van der Waals surface area contributed by atoms with Crippen molar-refractivity contribution >= 4 is 5.91 Å². The van der Waals surface area contributed by atoms with E-state index in [0.717, 1.165) is 69.8 Å². The van der Waals surface area contributed by atoms with Gasteiger partial charge in [0.25, 0.3) is 5.91 Å². The van der Waals surface area contributed by atoms with Crippen molar-refractivity contribution in [2.45, 2.75) is 64.3 Å². The average molecular weight is 407 g/mol. The van der Waals surface area contributed by atoms with Gasteiger partial charge in [0.1, 0.15) is 5.82 Å². The lowest BCUT2D eigenvalue weighted by Crippen LogP contribution is -2.37. The molecule has 160 valence electrons. The number of piperidine rings is 2. The molecular formula is C25H34N4O. The predicted octanol–water partition coefficient (Wildman–Crippen LogP) is 4.57. The van der Waals surface area contributed by atoms with Crippen LogP contribution >= 0.6 is 0 Å². The van der Waals surface area contributed by atoms with Crippen LogP contribution in [0.5, 0.6) is 0 Å². The van der Waals surface area contributed by atoms with E-state index in [1.165, 1.54) is 24.8 Å². The highest BCUT2D eigenvalue weighted by Crippen LogP contribution is 2.29. The molecule has 0 bridgehead atoms. The van der Waals surface area contributed by atoms with Crippen LogP contribution in [-0.2, 0) is 6.42 Å².